The Morgan fingerprint density at radius 3 is 2.29 bits per heavy atom. The summed E-state index contributed by atoms with van der Waals surface area (Å²) in [4.78, 5) is 71.6. The molecule has 63 heavy (non-hydrogen) atoms. The second kappa shape index (κ2) is 18.8. The molecule has 0 saturated carbocycles. The number of fused-ring (bicyclic) bond motifs is 2. The predicted molar refractivity (Wildman–Crippen MR) is 232 cm³/mol. The van der Waals surface area contributed by atoms with Crippen LogP contribution in [0.15, 0.2) is 30.5 Å². The van der Waals surface area contributed by atoms with Gasteiger partial charge in [-0.15, -0.1) is 0 Å². The lowest BCUT2D eigenvalue weighted by Gasteiger charge is -2.52. The topological polar surface area (TPSA) is 189 Å². The lowest BCUT2D eigenvalue weighted by atomic mass is 9.73. The minimum Gasteiger partial charge on any atom is -0.455 e. The zero-order chi connectivity index (χ0) is 47.1. The van der Waals surface area contributed by atoms with Gasteiger partial charge in [0.25, 0.3) is 11.4 Å². The summed E-state index contributed by atoms with van der Waals surface area (Å²) in [7, 11) is 3.29. The van der Waals surface area contributed by atoms with Crippen LogP contribution in [0.4, 0.5) is 14.9 Å². The molecule has 2 aromatic rings. The van der Waals surface area contributed by atoms with E-state index in [0.29, 0.717) is 25.8 Å². The molecular weight excluding hydrogens is 820 g/mol. The van der Waals surface area contributed by atoms with Gasteiger partial charge < -0.3 is 38.3 Å². The van der Waals surface area contributed by atoms with Crippen molar-refractivity contribution in [3.63, 3.8) is 0 Å². The minimum absolute atomic E-state index is 0.00768. The Hall–Kier alpha value is -4.03. The van der Waals surface area contributed by atoms with Crippen molar-refractivity contribution in [1.82, 2.24) is 14.4 Å². The zero-order valence-corrected chi connectivity index (χ0v) is 39.2. The van der Waals surface area contributed by atoms with E-state index in [2.05, 4.69) is 0 Å². The van der Waals surface area contributed by atoms with E-state index in [9.17, 15) is 34.4 Å². The number of carbonyl (C=O) groups excluding carboxylic acids is 4. The number of nitro groups is 1. The van der Waals surface area contributed by atoms with Crippen molar-refractivity contribution in [2.45, 2.75) is 180 Å². The standard InChI is InChI=1S/C46H69FN4O12/c1-14-35-45(10)37(50(42(56)63-45)21-16-15-20-49-22-19-31-24-32(51(57)58)17-18-33(31)49)29(6)36(52)27(4)25-43(8,59-13)40(30(7)38(53)44(9,47)41(55)60-35)62-46(11)39(54)34(23-28(5)61-46)48(12)26(2)3/h17-19,22,24,26-30,34-35,37,39-40,54H,14-16,20-21,23,25H2,1-13H3/t27-,28-,29+,30+,34+,35-,37-,39-,40-,43-,44+,45-,46+/m1/s1. The van der Waals surface area contributed by atoms with Gasteiger partial charge in [0, 0.05) is 79.3 Å². The number of aryl methyl sites for hydroxylation is 1. The third-order valence-electron chi connectivity index (χ3n) is 14.2. The van der Waals surface area contributed by atoms with Crippen LogP contribution in [0, 0.1) is 27.9 Å². The summed E-state index contributed by atoms with van der Waals surface area (Å²) in [5.74, 6) is -7.75. The molecule has 1 aromatic carbocycles. The summed E-state index contributed by atoms with van der Waals surface area (Å²) in [6, 6.07) is 5.12. The quantitative estimate of drug-likeness (QED) is 0.0772. The number of Topliss-reactive ketones (excluding diaryl/α,β-unsaturated/α-hetero) is 2. The predicted octanol–water partition coefficient (Wildman–Crippen LogP) is 6.79. The van der Waals surface area contributed by atoms with E-state index in [0.717, 1.165) is 17.8 Å². The molecule has 0 aliphatic carbocycles. The monoisotopic (exact) mass is 888 g/mol. The van der Waals surface area contributed by atoms with Crippen LogP contribution in [-0.2, 0) is 44.6 Å². The maximum absolute atomic E-state index is 17.1. The van der Waals surface area contributed by atoms with E-state index in [1.165, 1.54) is 31.1 Å². The molecule has 0 radical (unpaired) electrons. The number of nitro benzene ring substituents is 1. The molecule has 352 valence electrons. The molecule has 0 spiro atoms. The number of aliphatic hydroxyl groups is 1. The van der Waals surface area contributed by atoms with Crippen LogP contribution in [0.5, 0.6) is 0 Å². The number of alkyl halides is 1. The van der Waals surface area contributed by atoms with Crippen LogP contribution in [0.1, 0.15) is 108 Å². The van der Waals surface area contributed by atoms with E-state index in [1.807, 2.05) is 43.5 Å². The molecule has 4 heterocycles. The highest BCUT2D eigenvalue weighted by molar-refractivity contribution is 6.08. The van der Waals surface area contributed by atoms with E-state index in [-0.39, 0.29) is 36.9 Å². The Morgan fingerprint density at radius 1 is 1.03 bits per heavy atom. The normalized spacial score (nSPS) is 37.3. The molecule has 1 aromatic heterocycles. The van der Waals surface area contributed by atoms with Gasteiger partial charge in [0.05, 0.1) is 28.8 Å². The second-order valence-electron chi connectivity index (χ2n) is 19.2. The molecule has 0 bridgehead atoms. The number of nitrogens with zero attached hydrogens (tertiary/aromatic N) is 4. The summed E-state index contributed by atoms with van der Waals surface area (Å²) in [5, 5.41) is 23.9. The first-order chi connectivity index (χ1) is 29.3. The number of methoxy groups -OCH3 is 1. The Bertz CT molecular complexity index is 2030. The zero-order valence-electron chi connectivity index (χ0n) is 39.2. The van der Waals surface area contributed by atoms with Crippen molar-refractivity contribution in [2.24, 2.45) is 17.8 Å². The number of carbonyl (C=O) groups is 4. The van der Waals surface area contributed by atoms with Gasteiger partial charge in [-0.2, -0.15) is 0 Å². The molecule has 3 aliphatic rings. The van der Waals surface area contributed by atoms with Gasteiger partial charge in [-0.1, -0.05) is 27.7 Å². The van der Waals surface area contributed by atoms with Crippen molar-refractivity contribution in [3.8, 4) is 0 Å². The molecule has 0 unspecified atom stereocenters. The number of non-ortho nitro benzene ring substituents is 1. The number of amides is 1. The van der Waals surface area contributed by atoms with Crippen molar-refractivity contribution >= 4 is 40.2 Å². The molecular formula is C46H69FN4O12. The molecule has 17 heteroatoms. The van der Waals surface area contributed by atoms with Gasteiger partial charge >= 0.3 is 12.1 Å². The van der Waals surface area contributed by atoms with Crippen molar-refractivity contribution < 1.29 is 57.3 Å². The Balaban J connectivity index is 1.49. The summed E-state index contributed by atoms with van der Waals surface area (Å²) in [6.07, 6.45) is -1.60. The lowest BCUT2D eigenvalue weighted by molar-refractivity contribution is -0.384. The summed E-state index contributed by atoms with van der Waals surface area (Å²) in [6.45, 7) is 18.7. The number of hydrogen-bond acceptors (Lipinski definition) is 13. The van der Waals surface area contributed by atoms with E-state index >= 15 is 4.39 Å². The minimum atomic E-state index is -3.22. The van der Waals surface area contributed by atoms with Crippen molar-refractivity contribution in [3.05, 3.63) is 40.6 Å². The average molecular weight is 889 g/mol. The number of cyclic esters (lactones) is 1. The smallest absolute Gasteiger partial charge is 0.410 e. The van der Waals surface area contributed by atoms with Gasteiger partial charge in [0.1, 0.15) is 18.0 Å². The van der Waals surface area contributed by atoms with Crippen LogP contribution < -0.4 is 0 Å². The molecule has 3 saturated heterocycles. The SMILES string of the molecule is CC[C@H]1OC(=O)[C@@](C)(F)C(=O)[C@H](C)[C@@H](O[C@]2(C)O[C@H](C)C[C@H](N(C)C(C)C)[C@H]2O)[C@](C)(OC)C[C@@H](C)C(=O)[C@H](C)[C@H]2N(CCCCn3ccc4cc([N+](=O)[O-])ccc43)C(=O)O[C@]12C. The summed E-state index contributed by atoms with van der Waals surface area (Å²) in [5.41, 5.74) is -5.55. The highest BCUT2D eigenvalue weighted by atomic mass is 19.1. The van der Waals surface area contributed by atoms with Gasteiger partial charge in [-0.05, 0) is 99.8 Å². The first-order valence-corrected chi connectivity index (χ1v) is 22.3. The number of halogens is 1. The van der Waals surface area contributed by atoms with Gasteiger partial charge in [0.2, 0.25) is 0 Å². The number of likely N-dealkylation sites (N-methyl/N-ethyl adjacent to an activating group) is 1. The van der Waals surface area contributed by atoms with E-state index in [4.69, 9.17) is 23.7 Å². The fourth-order valence-electron chi connectivity index (χ4n) is 10.4. The summed E-state index contributed by atoms with van der Waals surface area (Å²) >= 11 is 0. The first kappa shape index (κ1) is 50.0. The summed E-state index contributed by atoms with van der Waals surface area (Å²) < 4.78 is 50.3. The number of rotatable bonds is 12. The van der Waals surface area contributed by atoms with Crippen LogP contribution in [0.3, 0.4) is 0 Å². The largest absolute Gasteiger partial charge is 0.455 e. The molecule has 1 N–H and O–H groups in total. The van der Waals surface area contributed by atoms with Crippen LogP contribution in [0.2, 0.25) is 0 Å². The second-order valence-corrected chi connectivity index (χ2v) is 19.2. The van der Waals surface area contributed by atoms with Gasteiger partial charge in [-0.25, -0.2) is 14.0 Å². The third-order valence-corrected chi connectivity index (χ3v) is 14.2. The number of benzene rings is 1. The fourth-order valence-corrected chi connectivity index (χ4v) is 10.4. The average Bonchev–Trinajstić information content (AvgIpc) is 3.75. The number of unbranched alkanes of at least 4 members (excludes halogenated alkanes) is 1. The highest BCUT2D eigenvalue weighted by Gasteiger charge is 2.62. The van der Waals surface area contributed by atoms with Gasteiger partial charge in [-0.3, -0.25) is 24.6 Å². The van der Waals surface area contributed by atoms with Crippen LogP contribution in [0.25, 0.3) is 10.9 Å². The number of ketones is 2. The first-order valence-electron chi connectivity index (χ1n) is 22.3. The van der Waals surface area contributed by atoms with Crippen molar-refractivity contribution in [1.29, 1.82) is 0 Å². The Kier molecular flexibility index (Phi) is 14.9. The maximum Gasteiger partial charge on any atom is 0.410 e. The number of ether oxygens (including phenoxy) is 5. The molecule has 3 aliphatic heterocycles. The Labute approximate surface area is 370 Å². The van der Waals surface area contributed by atoms with Gasteiger partial charge in [0.15, 0.2) is 17.2 Å². The van der Waals surface area contributed by atoms with Crippen molar-refractivity contribution in [2.75, 3.05) is 20.7 Å². The number of hydrogen-bond donors (Lipinski definition) is 1. The molecule has 5 rings (SSSR count). The van der Waals surface area contributed by atoms with Crippen LogP contribution >= 0.6 is 0 Å². The number of aliphatic hydroxyl groups excluding tert-OH is 1. The molecule has 16 nitrogen and oxygen atoms in total. The Morgan fingerprint density at radius 2 is 1.68 bits per heavy atom. The molecule has 13 atom stereocenters. The van der Waals surface area contributed by atoms with E-state index < -0.39 is 99.7 Å². The molecule has 1 amide bonds. The number of esters is 1. The fraction of sp³-hybridized carbons (Fsp3) is 0.739. The highest BCUT2D eigenvalue weighted by Crippen LogP contribution is 2.45. The third kappa shape index (κ3) is 9.54. The lowest BCUT2D eigenvalue weighted by Crippen LogP contribution is -2.66. The van der Waals surface area contributed by atoms with E-state index in [1.54, 1.807) is 53.7 Å². The van der Waals surface area contributed by atoms with Crippen LogP contribution in [-0.4, -0.2) is 134 Å². The number of aromatic nitrogens is 1. The maximum atomic E-state index is 17.1. The molecule has 3 fully saturated rings.